The predicted octanol–water partition coefficient (Wildman–Crippen LogP) is 5.57. The second-order valence-electron chi connectivity index (χ2n) is 7.21. The Hall–Kier alpha value is -2.87. The van der Waals surface area contributed by atoms with Gasteiger partial charge in [0.2, 0.25) is 5.91 Å². The standard InChI is InChI=1S/C25H25NO/c27-25(26-19-11-10-18-23(26)20-12-4-1-5-13-20)24(21-14-6-2-7-15-21)22-16-8-3-9-17-22/h1-9,12-17,23-24H,10-11,18-19H2/t23-/m1/s1. The quantitative estimate of drug-likeness (QED) is 0.599. The summed E-state index contributed by atoms with van der Waals surface area (Å²) >= 11 is 0. The Morgan fingerprint density at radius 1 is 0.741 bits per heavy atom. The van der Waals surface area contributed by atoms with E-state index in [9.17, 15) is 4.79 Å². The Kier molecular flexibility index (Phi) is 5.34. The molecule has 3 aromatic rings. The summed E-state index contributed by atoms with van der Waals surface area (Å²) in [6.07, 6.45) is 3.28. The van der Waals surface area contributed by atoms with Crippen molar-refractivity contribution >= 4 is 5.91 Å². The number of hydrogen-bond acceptors (Lipinski definition) is 1. The molecular weight excluding hydrogens is 330 g/mol. The Balaban J connectivity index is 1.72. The Morgan fingerprint density at radius 2 is 1.26 bits per heavy atom. The van der Waals surface area contributed by atoms with E-state index in [0.29, 0.717) is 0 Å². The molecule has 0 unspecified atom stereocenters. The third kappa shape index (κ3) is 3.80. The fourth-order valence-electron chi connectivity index (χ4n) is 4.15. The van der Waals surface area contributed by atoms with Gasteiger partial charge in [0.15, 0.2) is 0 Å². The normalized spacial score (nSPS) is 17.1. The van der Waals surface area contributed by atoms with Crippen molar-refractivity contribution in [3.05, 3.63) is 108 Å². The van der Waals surface area contributed by atoms with Gasteiger partial charge in [-0.2, -0.15) is 0 Å². The maximum atomic E-state index is 13.8. The zero-order valence-electron chi connectivity index (χ0n) is 15.5. The third-order valence-corrected chi connectivity index (χ3v) is 5.48. The van der Waals surface area contributed by atoms with Crippen LogP contribution in [0.4, 0.5) is 0 Å². The van der Waals surface area contributed by atoms with Gasteiger partial charge in [0.1, 0.15) is 0 Å². The van der Waals surface area contributed by atoms with Crippen LogP contribution in [0.1, 0.15) is 47.9 Å². The lowest BCUT2D eigenvalue weighted by Crippen LogP contribution is -2.41. The van der Waals surface area contributed by atoms with Crippen LogP contribution in [0.25, 0.3) is 0 Å². The molecule has 1 saturated heterocycles. The van der Waals surface area contributed by atoms with E-state index in [4.69, 9.17) is 0 Å². The first-order valence-corrected chi connectivity index (χ1v) is 9.80. The fourth-order valence-corrected chi connectivity index (χ4v) is 4.15. The zero-order chi connectivity index (χ0) is 18.5. The average Bonchev–Trinajstić information content (AvgIpc) is 2.76. The van der Waals surface area contributed by atoms with E-state index in [-0.39, 0.29) is 17.9 Å². The average molecular weight is 355 g/mol. The number of nitrogens with zero attached hydrogens (tertiary/aromatic N) is 1. The first kappa shape index (κ1) is 17.5. The molecule has 0 aromatic heterocycles. The molecule has 0 spiro atoms. The zero-order valence-corrected chi connectivity index (χ0v) is 15.5. The summed E-state index contributed by atoms with van der Waals surface area (Å²) in [4.78, 5) is 15.9. The van der Waals surface area contributed by atoms with E-state index >= 15 is 0 Å². The van der Waals surface area contributed by atoms with Crippen LogP contribution in [-0.2, 0) is 4.79 Å². The minimum Gasteiger partial charge on any atom is -0.335 e. The van der Waals surface area contributed by atoms with Crippen LogP contribution >= 0.6 is 0 Å². The van der Waals surface area contributed by atoms with E-state index in [1.54, 1.807) is 0 Å². The Bertz CT molecular complexity index is 821. The van der Waals surface area contributed by atoms with Crippen molar-refractivity contribution in [2.75, 3.05) is 6.54 Å². The van der Waals surface area contributed by atoms with Gasteiger partial charge in [-0.1, -0.05) is 91.0 Å². The van der Waals surface area contributed by atoms with E-state index in [1.165, 1.54) is 12.0 Å². The van der Waals surface area contributed by atoms with E-state index in [1.807, 2.05) is 42.5 Å². The molecule has 4 rings (SSSR count). The van der Waals surface area contributed by atoms with Crippen molar-refractivity contribution in [1.82, 2.24) is 4.90 Å². The highest BCUT2D eigenvalue weighted by atomic mass is 16.2. The molecule has 1 heterocycles. The van der Waals surface area contributed by atoms with Gasteiger partial charge in [0, 0.05) is 6.54 Å². The first-order chi connectivity index (χ1) is 13.3. The topological polar surface area (TPSA) is 20.3 Å². The SMILES string of the molecule is O=C(C(c1ccccc1)c1ccccc1)N1CCCC[C@@H]1c1ccccc1. The molecule has 1 aliphatic heterocycles. The minimum atomic E-state index is -0.253. The molecule has 1 aliphatic rings. The van der Waals surface area contributed by atoms with Gasteiger partial charge in [-0.15, -0.1) is 0 Å². The molecule has 0 radical (unpaired) electrons. The molecule has 1 fully saturated rings. The summed E-state index contributed by atoms with van der Waals surface area (Å²) in [7, 11) is 0. The van der Waals surface area contributed by atoms with Crippen LogP contribution in [0.15, 0.2) is 91.0 Å². The molecule has 2 heteroatoms. The molecule has 2 nitrogen and oxygen atoms in total. The number of carbonyl (C=O) groups is 1. The molecule has 0 N–H and O–H groups in total. The number of likely N-dealkylation sites (tertiary alicyclic amines) is 1. The number of benzene rings is 3. The predicted molar refractivity (Wildman–Crippen MR) is 109 cm³/mol. The number of rotatable bonds is 4. The maximum Gasteiger partial charge on any atom is 0.235 e. The van der Waals surface area contributed by atoms with Gasteiger partial charge in [0.05, 0.1) is 12.0 Å². The van der Waals surface area contributed by atoms with Crippen molar-refractivity contribution in [3.63, 3.8) is 0 Å². The summed E-state index contributed by atoms with van der Waals surface area (Å²) in [5, 5.41) is 0. The highest BCUT2D eigenvalue weighted by molar-refractivity contribution is 5.87. The maximum absolute atomic E-state index is 13.8. The lowest BCUT2D eigenvalue weighted by Gasteiger charge is -2.38. The van der Waals surface area contributed by atoms with Crippen LogP contribution in [0, 0.1) is 0 Å². The third-order valence-electron chi connectivity index (χ3n) is 5.48. The highest BCUT2D eigenvalue weighted by Crippen LogP contribution is 2.35. The van der Waals surface area contributed by atoms with Crippen LogP contribution in [0.2, 0.25) is 0 Å². The lowest BCUT2D eigenvalue weighted by atomic mass is 9.87. The summed E-state index contributed by atoms with van der Waals surface area (Å²) < 4.78 is 0. The van der Waals surface area contributed by atoms with Crippen molar-refractivity contribution in [2.24, 2.45) is 0 Å². The van der Waals surface area contributed by atoms with Crippen molar-refractivity contribution < 1.29 is 4.79 Å². The molecule has 27 heavy (non-hydrogen) atoms. The molecule has 136 valence electrons. The van der Waals surface area contributed by atoms with Gasteiger partial charge in [-0.25, -0.2) is 0 Å². The molecule has 0 bridgehead atoms. The summed E-state index contributed by atoms with van der Waals surface area (Å²) in [6.45, 7) is 0.828. The monoisotopic (exact) mass is 355 g/mol. The smallest absolute Gasteiger partial charge is 0.235 e. The second kappa shape index (κ2) is 8.22. The summed E-state index contributed by atoms with van der Waals surface area (Å²) in [5.41, 5.74) is 3.36. The molecule has 0 saturated carbocycles. The molecule has 0 aliphatic carbocycles. The number of piperidine rings is 1. The second-order valence-corrected chi connectivity index (χ2v) is 7.21. The number of hydrogen-bond donors (Lipinski definition) is 0. The molecule has 1 atom stereocenters. The van der Waals surface area contributed by atoms with Crippen molar-refractivity contribution in [3.8, 4) is 0 Å². The van der Waals surface area contributed by atoms with E-state index in [0.717, 1.165) is 30.5 Å². The number of amides is 1. The molecular formula is C25H25NO. The van der Waals surface area contributed by atoms with Gasteiger partial charge >= 0.3 is 0 Å². The van der Waals surface area contributed by atoms with Gasteiger partial charge in [-0.05, 0) is 36.0 Å². The van der Waals surface area contributed by atoms with Crippen LogP contribution < -0.4 is 0 Å². The van der Waals surface area contributed by atoms with Crippen LogP contribution in [0.5, 0.6) is 0 Å². The van der Waals surface area contributed by atoms with Crippen LogP contribution in [0.3, 0.4) is 0 Å². The van der Waals surface area contributed by atoms with Gasteiger partial charge in [0.25, 0.3) is 0 Å². The minimum absolute atomic E-state index is 0.169. The van der Waals surface area contributed by atoms with Crippen molar-refractivity contribution in [2.45, 2.75) is 31.2 Å². The van der Waals surface area contributed by atoms with Gasteiger partial charge < -0.3 is 4.90 Å². The largest absolute Gasteiger partial charge is 0.335 e. The Labute approximate surface area is 161 Å². The van der Waals surface area contributed by atoms with Crippen LogP contribution in [-0.4, -0.2) is 17.4 Å². The highest BCUT2D eigenvalue weighted by Gasteiger charge is 2.33. The van der Waals surface area contributed by atoms with Gasteiger partial charge in [-0.3, -0.25) is 4.79 Å². The molecule has 3 aromatic carbocycles. The van der Waals surface area contributed by atoms with Crippen molar-refractivity contribution in [1.29, 1.82) is 0 Å². The lowest BCUT2D eigenvalue weighted by molar-refractivity contribution is -0.135. The number of carbonyl (C=O) groups excluding carboxylic acids is 1. The van der Waals surface area contributed by atoms with E-state index < -0.39 is 0 Å². The van der Waals surface area contributed by atoms with E-state index in [2.05, 4.69) is 53.4 Å². The first-order valence-electron chi connectivity index (χ1n) is 9.80. The Morgan fingerprint density at radius 3 is 1.81 bits per heavy atom. The summed E-state index contributed by atoms with van der Waals surface area (Å²) in [6, 6.07) is 31.0. The summed E-state index contributed by atoms with van der Waals surface area (Å²) in [5.74, 6) is -0.0438. The fraction of sp³-hybridized carbons (Fsp3) is 0.240. The molecule has 1 amide bonds.